The molecule has 7 heteroatoms. The fourth-order valence-electron chi connectivity index (χ4n) is 2.36. The molecule has 2 aromatic heterocycles. The van der Waals surface area contributed by atoms with Crippen LogP contribution in [0.4, 0.5) is 5.82 Å². The Bertz CT molecular complexity index is 879. The Balaban J connectivity index is 1.77. The van der Waals surface area contributed by atoms with E-state index >= 15 is 0 Å². The molecule has 0 atom stereocenters. The van der Waals surface area contributed by atoms with Crippen LogP contribution in [-0.2, 0) is 0 Å². The van der Waals surface area contributed by atoms with Crippen molar-refractivity contribution >= 4 is 23.5 Å². The monoisotopic (exact) mass is 354 g/mol. The molecule has 3 rings (SSSR count). The number of hydrogen-bond acceptors (Lipinski definition) is 5. The number of methoxy groups -OCH3 is 1. The summed E-state index contributed by atoms with van der Waals surface area (Å²) in [4.78, 5) is 16.6. The second-order valence-electron chi connectivity index (χ2n) is 5.14. The lowest BCUT2D eigenvalue weighted by molar-refractivity contribution is 0.102. The second-order valence-corrected chi connectivity index (χ2v) is 6.42. The molecule has 3 aromatic rings. The van der Waals surface area contributed by atoms with Crippen LogP contribution in [0.3, 0.4) is 0 Å². The summed E-state index contributed by atoms with van der Waals surface area (Å²) in [5, 5.41) is 10.7. The first kappa shape index (κ1) is 17.0. The molecule has 0 aliphatic carbocycles. The number of pyridine rings is 1. The summed E-state index contributed by atoms with van der Waals surface area (Å²) in [6.45, 7) is 2.04. The molecule has 0 aliphatic heterocycles. The highest BCUT2D eigenvalue weighted by Crippen LogP contribution is 2.29. The summed E-state index contributed by atoms with van der Waals surface area (Å²) in [6, 6.07) is 12.9. The summed E-state index contributed by atoms with van der Waals surface area (Å²) in [5.74, 6) is 1.87. The zero-order chi connectivity index (χ0) is 17.6. The number of aromatic nitrogens is 3. The molecule has 128 valence electrons. The molecule has 2 heterocycles. The van der Waals surface area contributed by atoms with Crippen molar-refractivity contribution in [2.75, 3.05) is 18.2 Å². The van der Waals surface area contributed by atoms with E-state index in [1.807, 2.05) is 31.2 Å². The number of carbonyl (C=O) groups is 1. The van der Waals surface area contributed by atoms with Crippen molar-refractivity contribution in [2.45, 2.75) is 11.9 Å². The molecule has 2 N–H and O–H groups in total. The van der Waals surface area contributed by atoms with Gasteiger partial charge in [0.2, 0.25) is 0 Å². The van der Waals surface area contributed by atoms with E-state index in [1.54, 1.807) is 43.3 Å². The summed E-state index contributed by atoms with van der Waals surface area (Å²) in [7, 11) is 1.62. The van der Waals surface area contributed by atoms with Gasteiger partial charge in [-0.3, -0.25) is 9.89 Å². The summed E-state index contributed by atoms with van der Waals surface area (Å²) in [6.07, 6.45) is 1.64. The average Bonchev–Trinajstić information content (AvgIpc) is 3.10. The lowest BCUT2D eigenvalue weighted by Crippen LogP contribution is -2.12. The Hall–Kier alpha value is -2.80. The molecular formula is C18H18N4O2S. The lowest BCUT2D eigenvalue weighted by atomic mass is 10.1. The van der Waals surface area contributed by atoms with Gasteiger partial charge in [0, 0.05) is 23.4 Å². The quantitative estimate of drug-likeness (QED) is 0.657. The smallest absolute Gasteiger partial charge is 0.257 e. The predicted octanol–water partition coefficient (Wildman–Crippen LogP) is 3.84. The average molecular weight is 354 g/mol. The number of rotatable bonds is 6. The minimum atomic E-state index is -0.224. The Morgan fingerprint density at radius 1 is 1.28 bits per heavy atom. The molecule has 0 fully saturated rings. The highest BCUT2D eigenvalue weighted by molar-refractivity contribution is 7.99. The van der Waals surface area contributed by atoms with E-state index in [9.17, 15) is 4.79 Å². The highest BCUT2D eigenvalue weighted by atomic mass is 32.2. The summed E-state index contributed by atoms with van der Waals surface area (Å²) >= 11 is 1.59. The van der Waals surface area contributed by atoms with Gasteiger partial charge in [-0.15, -0.1) is 11.8 Å². The van der Waals surface area contributed by atoms with Gasteiger partial charge in [0.15, 0.2) is 5.82 Å². The summed E-state index contributed by atoms with van der Waals surface area (Å²) < 4.78 is 5.35. The van der Waals surface area contributed by atoms with Gasteiger partial charge in [-0.2, -0.15) is 5.10 Å². The van der Waals surface area contributed by atoms with E-state index in [0.717, 1.165) is 27.8 Å². The zero-order valence-corrected chi connectivity index (χ0v) is 14.8. The molecule has 1 amide bonds. The Labute approximate surface area is 150 Å². The van der Waals surface area contributed by atoms with E-state index in [2.05, 4.69) is 20.5 Å². The van der Waals surface area contributed by atoms with Gasteiger partial charge < -0.3 is 10.1 Å². The topological polar surface area (TPSA) is 79.9 Å². The normalized spacial score (nSPS) is 10.5. The van der Waals surface area contributed by atoms with E-state index in [-0.39, 0.29) is 5.91 Å². The Morgan fingerprint density at radius 2 is 2.12 bits per heavy atom. The van der Waals surface area contributed by atoms with Crippen molar-refractivity contribution in [3.05, 3.63) is 54.2 Å². The highest BCUT2D eigenvalue weighted by Gasteiger charge is 2.12. The fraction of sp³-hybridized carbons (Fsp3) is 0.167. The molecule has 0 bridgehead atoms. The van der Waals surface area contributed by atoms with Crippen LogP contribution in [-0.4, -0.2) is 34.0 Å². The first-order chi connectivity index (χ1) is 12.2. The van der Waals surface area contributed by atoms with Gasteiger partial charge >= 0.3 is 0 Å². The maximum Gasteiger partial charge on any atom is 0.257 e. The molecule has 0 unspecified atom stereocenters. The van der Waals surface area contributed by atoms with Crippen LogP contribution in [0.15, 0.2) is 53.7 Å². The molecule has 0 aliphatic rings. The number of para-hydroxylation sites is 1. The standard InChI is InChI=1S/C18H18N4O2S/c1-3-25-17-10-12(8-9-19-17)18(23)20-16-11-14(21-22-16)13-6-4-5-7-15(13)24-2/h4-11H,3H2,1-2H3,(H2,20,21,22,23). The number of H-pyrrole nitrogens is 1. The number of amides is 1. The van der Waals surface area contributed by atoms with Crippen LogP contribution in [0.1, 0.15) is 17.3 Å². The maximum atomic E-state index is 12.4. The first-order valence-electron chi connectivity index (χ1n) is 7.80. The number of nitrogens with zero attached hydrogens (tertiary/aromatic N) is 2. The molecule has 1 aromatic carbocycles. The van der Waals surface area contributed by atoms with Crippen molar-refractivity contribution in [3.63, 3.8) is 0 Å². The number of thioether (sulfide) groups is 1. The third-order valence-electron chi connectivity index (χ3n) is 3.51. The Kier molecular flexibility index (Phi) is 5.35. The third-order valence-corrected chi connectivity index (χ3v) is 4.31. The van der Waals surface area contributed by atoms with E-state index in [1.165, 1.54) is 0 Å². The SMILES string of the molecule is CCSc1cc(C(=O)Nc2cc(-c3ccccc3OC)[nH]n2)ccn1. The third kappa shape index (κ3) is 4.00. The van der Waals surface area contributed by atoms with Gasteiger partial charge in [0.25, 0.3) is 5.91 Å². The minimum Gasteiger partial charge on any atom is -0.496 e. The number of ether oxygens (including phenoxy) is 1. The van der Waals surface area contributed by atoms with Crippen LogP contribution in [0, 0.1) is 0 Å². The molecule has 0 saturated heterocycles. The number of aromatic amines is 1. The zero-order valence-electron chi connectivity index (χ0n) is 13.9. The van der Waals surface area contributed by atoms with E-state index < -0.39 is 0 Å². The molecule has 25 heavy (non-hydrogen) atoms. The maximum absolute atomic E-state index is 12.4. The first-order valence-corrected chi connectivity index (χ1v) is 8.79. The van der Waals surface area contributed by atoms with Crippen molar-refractivity contribution in [1.82, 2.24) is 15.2 Å². The largest absolute Gasteiger partial charge is 0.496 e. The number of nitrogens with one attached hydrogen (secondary N) is 2. The molecule has 0 saturated carbocycles. The van der Waals surface area contributed by atoms with E-state index in [0.29, 0.717) is 11.4 Å². The van der Waals surface area contributed by atoms with Crippen LogP contribution in [0.5, 0.6) is 5.75 Å². The Morgan fingerprint density at radius 3 is 2.92 bits per heavy atom. The molecule has 0 spiro atoms. The minimum absolute atomic E-state index is 0.224. The van der Waals surface area contributed by atoms with Crippen LogP contribution in [0.2, 0.25) is 0 Å². The van der Waals surface area contributed by atoms with Crippen molar-refractivity contribution < 1.29 is 9.53 Å². The number of anilines is 1. The fourth-order valence-corrected chi connectivity index (χ4v) is 3.00. The van der Waals surface area contributed by atoms with E-state index in [4.69, 9.17) is 4.74 Å². The number of carbonyl (C=O) groups excluding carboxylic acids is 1. The van der Waals surface area contributed by atoms with Crippen molar-refractivity contribution in [2.24, 2.45) is 0 Å². The number of benzene rings is 1. The van der Waals surface area contributed by atoms with Crippen LogP contribution >= 0.6 is 11.8 Å². The van der Waals surface area contributed by atoms with Crippen molar-refractivity contribution in [1.29, 1.82) is 0 Å². The summed E-state index contributed by atoms with van der Waals surface area (Å²) in [5.41, 5.74) is 2.20. The van der Waals surface area contributed by atoms with Crippen LogP contribution < -0.4 is 10.1 Å². The lowest BCUT2D eigenvalue weighted by Gasteiger charge is -2.05. The van der Waals surface area contributed by atoms with Gasteiger partial charge in [0.1, 0.15) is 5.75 Å². The van der Waals surface area contributed by atoms with Gasteiger partial charge in [0.05, 0.1) is 17.8 Å². The predicted molar refractivity (Wildman–Crippen MR) is 99.2 cm³/mol. The van der Waals surface area contributed by atoms with Crippen LogP contribution in [0.25, 0.3) is 11.3 Å². The molecule has 0 radical (unpaired) electrons. The molecular weight excluding hydrogens is 336 g/mol. The van der Waals surface area contributed by atoms with Crippen molar-refractivity contribution in [3.8, 4) is 17.0 Å². The van der Waals surface area contributed by atoms with Gasteiger partial charge in [-0.05, 0) is 30.0 Å². The second kappa shape index (κ2) is 7.85. The van der Waals surface area contributed by atoms with Gasteiger partial charge in [-0.25, -0.2) is 4.98 Å². The number of hydrogen-bond donors (Lipinski definition) is 2. The molecule has 6 nitrogen and oxygen atoms in total. The van der Waals surface area contributed by atoms with Gasteiger partial charge in [-0.1, -0.05) is 19.1 Å².